The number of fused-ring (bicyclic) bond motifs is 2. The molecule has 7 nitrogen and oxygen atoms in total. The molecule has 7 heteroatoms. The maximum Gasteiger partial charge on any atom is 0.282 e. The van der Waals surface area contributed by atoms with Crippen molar-refractivity contribution in [1.82, 2.24) is 0 Å². The third kappa shape index (κ3) is 3.78. The van der Waals surface area contributed by atoms with E-state index in [2.05, 4.69) is 5.32 Å². The molecule has 2 aliphatic heterocycles. The minimum Gasteiger partial charge on any atom is -0.486 e. The molecule has 0 radical (unpaired) electrons. The third-order valence-electron chi connectivity index (χ3n) is 4.86. The van der Waals surface area contributed by atoms with Crippen LogP contribution < -0.4 is 29.2 Å². The van der Waals surface area contributed by atoms with Crippen molar-refractivity contribution in [2.45, 2.75) is 19.5 Å². The maximum atomic E-state index is 12.6. The Hall–Kier alpha value is -2.93. The largest absolute Gasteiger partial charge is 0.486 e. The first-order chi connectivity index (χ1) is 13.1. The smallest absolute Gasteiger partial charge is 0.282 e. The van der Waals surface area contributed by atoms with E-state index in [-0.39, 0.29) is 18.7 Å². The van der Waals surface area contributed by atoms with Crippen LogP contribution in [0.25, 0.3) is 0 Å². The lowest BCUT2D eigenvalue weighted by molar-refractivity contribution is -0.907. The summed E-state index contributed by atoms with van der Waals surface area (Å²) >= 11 is 0. The van der Waals surface area contributed by atoms with Crippen LogP contribution in [0.5, 0.6) is 23.0 Å². The highest BCUT2D eigenvalue weighted by molar-refractivity contribution is 5.93. The summed E-state index contributed by atoms with van der Waals surface area (Å²) in [6, 6.07) is 11.1. The first-order valence-corrected chi connectivity index (χ1v) is 9.01. The SMILES string of the molecule is C[C@H](C(=O)Nc1ccc2c(c1)OCO2)[NH+](C)Cc1ccc2c(c1)OCCO2. The molecule has 2 heterocycles. The van der Waals surface area contributed by atoms with Crippen LogP contribution in [0.1, 0.15) is 12.5 Å². The van der Waals surface area contributed by atoms with Crippen LogP contribution in [0.15, 0.2) is 36.4 Å². The molecule has 27 heavy (non-hydrogen) atoms. The molecule has 2 aromatic rings. The van der Waals surface area contributed by atoms with E-state index in [1.165, 1.54) is 0 Å². The lowest BCUT2D eigenvalue weighted by atomic mass is 10.1. The first-order valence-electron chi connectivity index (χ1n) is 9.01. The Balaban J connectivity index is 1.38. The van der Waals surface area contributed by atoms with E-state index in [4.69, 9.17) is 18.9 Å². The molecular weight excluding hydrogens is 348 g/mol. The van der Waals surface area contributed by atoms with Crippen molar-refractivity contribution >= 4 is 11.6 Å². The molecule has 0 saturated carbocycles. The normalized spacial score (nSPS) is 16.5. The summed E-state index contributed by atoms with van der Waals surface area (Å²) in [6.07, 6.45) is 0. The van der Waals surface area contributed by atoms with Crippen LogP contribution in [0.3, 0.4) is 0 Å². The van der Waals surface area contributed by atoms with Crippen LogP contribution in [0.2, 0.25) is 0 Å². The van der Waals surface area contributed by atoms with Gasteiger partial charge in [0.15, 0.2) is 29.0 Å². The highest BCUT2D eigenvalue weighted by Gasteiger charge is 2.24. The van der Waals surface area contributed by atoms with Gasteiger partial charge in [0.1, 0.15) is 19.8 Å². The molecule has 0 bridgehead atoms. The minimum atomic E-state index is -0.233. The minimum absolute atomic E-state index is 0.0519. The fraction of sp³-hybridized carbons (Fsp3) is 0.350. The maximum absolute atomic E-state index is 12.6. The fourth-order valence-corrected chi connectivity index (χ4v) is 3.12. The quantitative estimate of drug-likeness (QED) is 0.827. The van der Waals surface area contributed by atoms with Crippen LogP contribution in [0.4, 0.5) is 5.69 Å². The highest BCUT2D eigenvalue weighted by Crippen LogP contribution is 2.34. The monoisotopic (exact) mass is 371 g/mol. The van der Waals surface area contributed by atoms with Crippen molar-refractivity contribution < 1.29 is 28.6 Å². The van der Waals surface area contributed by atoms with Crippen molar-refractivity contribution in [3.05, 3.63) is 42.0 Å². The second kappa shape index (κ2) is 7.36. The summed E-state index contributed by atoms with van der Waals surface area (Å²) in [5.74, 6) is 2.84. The van der Waals surface area contributed by atoms with Crippen molar-refractivity contribution in [3.8, 4) is 23.0 Å². The van der Waals surface area contributed by atoms with Crippen LogP contribution in [-0.2, 0) is 11.3 Å². The van der Waals surface area contributed by atoms with Gasteiger partial charge in [-0.2, -0.15) is 0 Å². The molecule has 4 rings (SSSR count). The zero-order valence-corrected chi connectivity index (χ0v) is 15.4. The predicted molar refractivity (Wildman–Crippen MR) is 98.7 cm³/mol. The summed E-state index contributed by atoms with van der Waals surface area (Å²) in [4.78, 5) is 13.7. The van der Waals surface area contributed by atoms with Gasteiger partial charge < -0.3 is 29.2 Å². The Morgan fingerprint density at radius 1 is 1.00 bits per heavy atom. The Labute approximate surface area is 157 Å². The van der Waals surface area contributed by atoms with Gasteiger partial charge in [-0.05, 0) is 37.3 Å². The standard InChI is InChI=1S/C20H22N2O5/c1-13(20(23)21-15-4-6-17-19(10-15)27-12-26-17)22(2)11-14-3-5-16-18(9-14)25-8-7-24-16/h3-6,9-10,13H,7-8,11-12H2,1-2H3,(H,21,23)/p+1/t13-/m1/s1. The Morgan fingerprint density at radius 3 is 2.52 bits per heavy atom. The Morgan fingerprint density at radius 2 is 1.67 bits per heavy atom. The number of carbonyl (C=O) groups excluding carboxylic acids is 1. The lowest BCUT2D eigenvalue weighted by Gasteiger charge is -2.23. The molecular formula is C20H23N2O5+. The van der Waals surface area contributed by atoms with E-state index in [0.29, 0.717) is 36.9 Å². The van der Waals surface area contributed by atoms with E-state index in [9.17, 15) is 4.79 Å². The number of carbonyl (C=O) groups is 1. The molecule has 2 N–H and O–H groups in total. The molecule has 1 amide bonds. The second-order valence-electron chi connectivity index (χ2n) is 6.78. The summed E-state index contributed by atoms with van der Waals surface area (Å²) < 4.78 is 21.8. The predicted octanol–water partition coefficient (Wildman–Crippen LogP) is 1.23. The van der Waals surface area contributed by atoms with Crippen LogP contribution >= 0.6 is 0 Å². The van der Waals surface area contributed by atoms with Gasteiger partial charge in [-0.3, -0.25) is 4.79 Å². The van der Waals surface area contributed by atoms with Gasteiger partial charge >= 0.3 is 0 Å². The summed E-state index contributed by atoms with van der Waals surface area (Å²) in [5.41, 5.74) is 1.79. The molecule has 2 atom stereocenters. The second-order valence-corrected chi connectivity index (χ2v) is 6.78. The number of benzene rings is 2. The average molecular weight is 371 g/mol. The van der Waals surface area contributed by atoms with Crippen molar-refractivity contribution in [2.75, 3.05) is 32.4 Å². The van der Waals surface area contributed by atoms with Crippen molar-refractivity contribution in [2.24, 2.45) is 0 Å². The summed E-state index contributed by atoms with van der Waals surface area (Å²) in [7, 11) is 2.00. The molecule has 0 fully saturated rings. The number of hydrogen-bond donors (Lipinski definition) is 2. The Bertz CT molecular complexity index is 854. The highest BCUT2D eigenvalue weighted by atomic mass is 16.7. The first kappa shape index (κ1) is 17.5. The van der Waals surface area contributed by atoms with Gasteiger partial charge in [-0.25, -0.2) is 0 Å². The van der Waals surface area contributed by atoms with Crippen molar-refractivity contribution in [1.29, 1.82) is 0 Å². The number of ether oxygens (including phenoxy) is 4. The molecule has 0 saturated heterocycles. The van der Waals surface area contributed by atoms with Gasteiger partial charge in [-0.1, -0.05) is 0 Å². The summed E-state index contributed by atoms with van der Waals surface area (Å²) in [6.45, 7) is 3.97. The number of amides is 1. The van der Waals surface area contributed by atoms with Gasteiger partial charge in [-0.15, -0.1) is 0 Å². The average Bonchev–Trinajstić information content (AvgIpc) is 3.15. The van der Waals surface area contributed by atoms with E-state index in [0.717, 1.165) is 22.0 Å². The van der Waals surface area contributed by atoms with Crippen molar-refractivity contribution in [3.63, 3.8) is 0 Å². The number of nitrogens with one attached hydrogen (secondary N) is 2. The molecule has 0 spiro atoms. The summed E-state index contributed by atoms with van der Waals surface area (Å²) in [5, 5.41) is 2.95. The number of likely N-dealkylation sites (N-methyl/N-ethyl adjacent to an activating group) is 1. The van der Waals surface area contributed by atoms with E-state index >= 15 is 0 Å². The molecule has 0 aromatic heterocycles. The Kier molecular flexibility index (Phi) is 4.77. The van der Waals surface area contributed by atoms with E-state index < -0.39 is 0 Å². The van der Waals surface area contributed by atoms with E-state index in [1.807, 2.05) is 38.2 Å². The third-order valence-corrected chi connectivity index (χ3v) is 4.86. The van der Waals surface area contributed by atoms with E-state index in [1.54, 1.807) is 12.1 Å². The molecule has 2 aromatic carbocycles. The zero-order chi connectivity index (χ0) is 18.8. The van der Waals surface area contributed by atoms with Gasteiger partial charge in [0.05, 0.1) is 7.05 Å². The molecule has 2 aliphatic rings. The van der Waals surface area contributed by atoms with Gasteiger partial charge in [0, 0.05) is 17.3 Å². The van der Waals surface area contributed by atoms with Gasteiger partial charge in [0.25, 0.3) is 5.91 Å². The van der Waals surface area contributed by atoms with Crippen LogP contribution in [-0.4, -0.2) is 39.0 Å². The molecule has 142 valence electrons. The number of hydrogen-bond acceptors (Lipinski definition) is 5. The number of rotatable bonds is 5. The molecule has 1 unspecified atom stereocenters. The number of anilines is 1. The van der Waals surface area contributed by atoms with Gasteiger partial charge in [0.2, 0.25) is 6.79 Å². The number of quaternary nitrogens is 1. The fourth-order valence-electron chi connectivity index (χ4n) is 3.12. The topological polar surface area (TPSA) is 70.5 Å². The molecule has 0 aliphatic carbocycles. The zero-order valence-electron chi connectivity index (χ0n) is 15.4. The van der Waals surface area contributed by atoms with Crippen LogP contribution in [0, 0.1) is 0 Å². The lowest BCUT2D eigenvalue weighted by Crippen LogP contribution is -3.12.